The van der Waals surface area contributed by atoms with Crippen LogP contribution in [0.15, 0.2) is 6.07 Å². The molecule has 0 unspecified atom stereocenters. The third kappa shape index (κ3) is 2.36. The SMILES string of the molecule is Cc1nc(Cl)nc(Nc2cc(C3CC3)n[nH]2)n1. The Labute approximate surface area is 103 Å². The van der Waals surface area contributed by atoms with Crippen LogP contribution in [0.3, 0.4) is 0 Å². The summed E-state index contributed by atoms with van der Waals surface area (Å²) in [6, 6.07) is 1.98. The van der Waals surface area contributed by atoms with E-state index in [1.807, 2.05) is 6.07 Å². The highest BCUT2D eigenvalue weighted by Gasteiger charge is 2.26. The molecule has 2 heterocycles. The van der Waals surface area contributed by atoms with Gasteiger partial charge in [0.15, 0.2) is 0 Å². The van der Waals surface area contributed by atoms with Gasteiger partial charge in [-0.25, -0.2) is 4.98 Å². The molecule has 17 heavy (non-hydrogen) atoms. The van der Waals surface area contributed by atoms with Crippen molar-refractivity contribution in [2.75, 3.05) is 5.32 Å². The van der Waals surface area contributed by atoms with E-state index in [1.54, 1.807) is 6.92 Å². The first kappa shape index (κ1) is 10.5. The molecule has 0 aromatic carbocycles. The fourth-order valence-electron chi connectivity index (χ4n) is 1.62. The second kappa shape index (κ2) is 3.96. The highest BCUT2D eigenvalue weighted by Crippen LogP contribution is 2.39. The highest BCUT2D eigenvalue weighted by atomic mass is 35.5. The monoisotopic (exact) mass is 250 g/mol. The van der Waals surface area contributed by atoms with E-state index in [2.05, 4.69) is 30.5 Å². The molecule has 7 heteroatoms. The standard InChI is InChI=1S/C10H11ClN6/c1-5-12-9(11)15-10(13-5)14-8-4-7(16-17-8)6-2-3-6/h4,6H,2-3H2,1H3,(H2,12,13,14,15,16,17). The van der Waals surface area contributed by atoms with Crippen LogP contribution in [0.4, 0.5) is 11.8 Å². The molecule has 0 saturated heterocycles. The molecule has 1 fully saturated rings. The Morgan fingerprint density at radius 1 is 1.35 bits per heavy atom. The van der Waals surface area contributed by atoms with Crippen LogP contribution >= 0.6 is 11.6 Å². The second-order valence-corrected chi connectivity index (χ2v) is 4.42. The van der Waals surface area contributed by atoms with Crippen molar-refractivity contribution in [3.8, 4) is 0 Å². The molecule has 0 aliphatic heterocycles. The molecular formula is C10H11ClN6. The van der Waals surface area contributed by atoms with Gasteiger partial charge in [-0.05, 0) is 31.4 Å². The van der Waals surface area contributed by atoms with E-state index < -0.39 is 0 Å². The van der Waals surface area contributed by atoms with Gasteiger partial charge in [0.05, 0.1) is 5.69 Å². The van der Waals surface area contributed by atoms with Crippen molar-refractivity contribution in [2.24, 2.45) is 0 Å². The van der Waals surface area contributed by atoms with E-state index >= 15 is 0 Å². The number of anilines is 2. The maximum Gasteiger partial charge on any atom is 0.232 e. The van der Waals surface area contributed by atoms with Crippen molar-refractivity contribution in [2.45, 2.75) is 25.7 Å². The van der Waals surface area contributed by atoms with E-state index in [1.165, 1.54) is 12.8 Å². The normalized spacial score (nSPS) is 14.9. The minimum Gasteiger partial charge on any atom is -0.309 e. The van der Waals surface area contributed by atoms with Crippen LogP contribution in [0.25, 0.3) is 0 Å². The van der Waals surface area contributed by atoms with E-state index in [4.69, 9.17) is 11.6 Å². The van der Waals surface area contributed by atoms with Crippen LogP contribution in [0.1, 0.15) is 30.3 Å². The summed E-state index contributed by atoms with van der Waals surface area (Å²) < 4.78 is 0. The van der Waals surface area contributed by atoms with Gasteiger partial charge < -0.3 is 5.32 Å². The van der Waals surface area contributed by atoms with E-state index in [0.717, 1.165) is 11.5 Å². The van der Waals surface area contributed by atoms with Crippen LogP contribution in [0, 0.1) is 6.92 Å². The lowest BCUT2D eigenvalue weighted by atomic mass is 10.3. The highest BCUT2D eigenvalue weighted by molar-refractivity contribution is 6.28. The van der Waals surface area contributed by atoms with Gasteiger partial charge in [0.25, 0.3) is 0 Å². The molecule has 0 radical (unpaired) electrons. The van der Waals surface area contributed by atoms with Gasteiger partial charge >= 0.3 is 0 Å². The first-order valence-corrected chi connectivity index (χ1v) is 5.79. The average Bonchev–Trinajstić information content (AvgIpc) is 2.99. The lowest BCUT2D eigenvalue weighted by Crippen LogP contribution is -2.01. The molecule has 0 amide bonds. The zero-order chi connectivity index (χ0) is 11.8. The molecule has 2 aromatic rings. The third-order valence-corrected chi connectivity index (χ3v) is 2.73. The van der Waals surface area contributed by atoms with Crippen LogP contribution in [-0.2, 0) is 0 Å². The van der Waals surface area contributed by atoms with E-state index in [-0.39, 0.29) is 5.28 Å². The smallest absolute Gasteiger partial charge is 0.232 e. The first-order valence-electron chi connectivity index (χ1n) is 5.41. The van der Waals surface area contributed by atoms with E-state index in [0.29, 0.717) is 17.7 Å². The predicted molar refractivity (Wildman–Crippen MR) is 63.4 cm³/mol. The lowest BCUT2D eigenvalue weighted by molar-refractivity contribution is 0.958. The largest absolute Gasteiger partial charge is 0.309 e. The Bertz CT molecular complexity index is 527. The Morgan fingerprint density at radius 2 is 2.18 bits per heavy atom. The number of rotatable bonds is 3. The van der Waals surface area contributed by atoms with Crippen LogP contribution in [-0.4, -0.2) is 25.1 Å². The van der Waals surface area contributed by atoms with Crippen molar-refractivity contribution in [3.05, 3.63) is 22.9 Å². The Kier molecular flexibility index (Phi) is 2.44. The van der Waals surface area contributed by atoms with Gasteiger partial charge in [-0.15, -0.1) is 0 Å². The molecule has 1 saturated carbocycles. The molecule has 0 bridgehead atoms. The van der Waals surface area contributed by atoms with Crippen molar-refractivity contribution in [3.63, 3.8) is 0 Å². The summed E-state index contributed by atoms with van der Waals surface area (Å²) in [4.78, 5) is 12.0. The fourth-order valence-corrected chi connectivity index (χ4v) is 1.82. The fraction of sp³-hybridized carbons (Fsp3) is 0.400. The number of H-pyrrole nitrogens is 1. The number of hydrogen-bond acceptors (Lipinski definition) is 5. The lowest BCUT2D eigenvalue weighted by Gasteiger charge is -2.01. The molecule has 3 rings (SSSR count). The number of nitrogens with one attached hydrogen (secondary N) is 2. The predicted octanol–water partition coefficient (Wildman–Crippen LogP) is 2.18. The summed E-state index contributed by atoms with van der Waals surface area (Å²) in [6.07, 6.45) is 2.45. The number of halogens is 1. The second-order valence-electron chi connectivity index (χ2n) is 4.08. The van der Waals surface area contributed by atoms with Crippen molar-refractivity contribution < 1.29 is 0 Å². The zero-order valence-corrected chi connectivity index (χ0v) is 9.99. The minimum atomic E-state index is 0.182. The summed E-state index contributed by atoms with van der Waals surface area (Å²) in [6.45, 7) is 1.77. The molecule has 0 atom stereocenters. The Balaban J connectivity index is 1.80. The number of aryl methyl sites for hydroxylation is 1. The minimum absolute atomic E-state index is 0.182. The van der Waals surface area contributed by atoms with Crippen molar-refractivity contribution >= 4 is 23.4 Å². The summed E-state index contributed by atoms with van der Waals surface area (Å²) in [5.41, 5.74) is 1.09. The average molecular weight is 251 g/mol. The molecule has 2 aromatic heterocycles. The van der Waals surface area contributed by atoms with Gasteiger partial charge in [-0.3, -0.25) is 5.10 Å². The maximum absolute atomic E-state index is 5.75. The Morgan fingerprint density at radius 3 is 2.88 bits per heavy atom. The van der Waals surface area contributed by atoms with E-state index in [9.17, 15) is 0 Å². The first-order chi connectivity index (χ1) is 8.20. The van der Waals surface area contributed by atoms with Crippen LogP contribution in [0.5, 0.6) is 0 Å². The van der Waals surface area contributed by atoms with Gasteiger partial charge in [0.1, 0.15) is 11.6 Å². The van der Waals surface area contributed by atoms with Gasteiger partial charge in [0.2, 0.25) is 11.2 Å². The van der Waals surface area contributed by atoms with Crippen LogP contribution < -0.4 is 5.32 Å². The maximum atomic E-state index is 5.75. The third-order valence-electron chi connectivity index (χ3n) is 2.56. The summed E-state index contributed by atoms with van der Waals surface area (Å²) >= 11 is 5.75. The van der Waals surface area contributed by atoms with Crippen molar-refractivity contribution in [1.82, 2.24) is 25.1 Å². The molecule has 88 valence electrons. The Hall–Kier alpha value is -1.69. The summed E-state index contributed by atoms with van der Waals surface area (Å²) in [5, 5.41) is 10.3. The summed E-state index contributed by atoms with van der Waals surface area (Å²) in [5.74, 6) is 2.39. The van der Waals surface area contributed by atoms with Crippen molar-refractivity contribution in [1.29, 1.82) is 0 Å². The van der Waals surface area contributed by atoms with Gasteiger partial charge in [-0.1, -0.05) is 0 Å². The molecule has 0 spiro atoms. The number of aromatic nitrogens is 5. The molecule has 1 aliphatic carbocycles. The molecule has 1 aliphatic rings. The molecular weight excluding hydrogens is 240 g/mol. The molecule has 2 N–H and O–H groups in total. The number of nitrogens with zero attached hydrogens (tertiary/aromatic N) is 4. The number of hydrogen-bond donors (Lipinski definition) is 2. The summed E-state index contributed by atoms with van der Waals surface area (Å²) in [7, 11) is 0. The topological polar surface area (TPSA) is 79.4 Å². The number of aromatic amines is 1. The quantitative estimate of drug-likeness (QED) is 0.873. The van der Waals surface area contributed by atoms with Gasteiger partial charge in [-0.2, -0.15) is 15.1 Å². The van der Waals surface area contributed by atoms with Crippen LogP contribution in [0.2, 0.25) is 5.28 Å². The van der Waals surface area contributed by atoms with Gasteiger partial charge in [0, 0.05) is 12.0 Å². The zero-order valence-electron chi connectivity index (χ0n) is 9.24. The molecule has 6 nitrogen and oxygen atoms in total.